The van der Waals surface area contributed by atoms with Gasteiger partial charge in [0.2, 0.25) is 11.5 Å². The van der Waals surface area contributed by atoms with Gasteiger partial charge in [0.25, 0.3) is 17.1 Å². The van der Waals surface area contributed by atoms with Crippen molar-refractivity contribution in [2.45, 2.75) is 31.9 Å². The Morgan fingerprint density at radius 3 is 3.10 bits per heavy atom. The number of amides is 1. The van der Waals surface area contributed by atoms with E-state index in [9.17, 15) is 9.59 Å². The van der Waals surface area contributed by atoms with Gasteiger partial charge in [-0.1, -0.05) is 11.1 Å². The van der Waals surface area contributed by atoms with Crippen LogP contribution >= 0.6 is 0 Å². The van der Waals surface area contributed by atoms with E-state index in [1.54, 1.807) is 30.0 Å². The van der Waals surface area contributed by atoms with Crippen molar-refractivity contribution in [3.63, 3.8) is 0 Å². The number of fused-ring (bicyclic) bond motifs is 2. The Morgan fingerprint density at radius 2 is 2.33 bits per heavy atom. The Kier molecular flexibility index (Phi) is 5.91. The molecule has 1 amide bonds. The van der Waals surface area contributed by atoms with Gasteiger partial charge in [-0.25, -0.2) is 4.57 Å². The monoisotopic (exact) mass is 412 g/mol. The lowest BCUT2D eigenvalue weighted by atomic mass is 10.1. The first kappa shape index (κ1) is 20.2. The van der Waals surface area contributed by atoms with Crippen LogP contribution in [0.5, 0.6) is 0 Å². The van der Waals surface area contributed by atoms with Crippen LogP contribution in [0.1, 0.15) is 29.6 Å². The smallest absolute Gasteiger partial charge is 0.278 e. The number of nitrogen functional groups attached to an aromatic ring is 1. The predicted octanol–water partition coefficient (Wildman–Crippen LogP) is 0.663. The predicted molar refractivity (Wildman–Crippen MR) is 111 cm³/mol. The van der Waals surface area contributed by atoms with Gasteiger partial charge in [0.05, 0.1) is 12.6 Å². The maximum atomic E-state index is 13.2. The number of pyridine rings is 2. The molecule has 3 aromatic rings. The minimum absolute atomic E-state index is 0.0310. The Labute approximate surface area is 173 Å². The van der Waals surface area contributed by atoms with Crippen molar-refractivity contribution in [3.8, 4) is 0 Å². The number of carbonyl (C=O) groups is 1. The summed E-state index contributed by atoms with van der Waals surface area (Å²) in [4.78, 5) is 30.7. The summed E-state index contributed by atoms with van der Waals surface area (Å²) in [6.07, 6.45) is 4.18. The SMILES string of the molecule is COCCCNC(=O)c1cc2c(=O)n3ccccc3nc2[n+](C[C@@H]2CCCO2)c1N. The van der Waals surface area contributed by atoms with E-state index in [-0.39, 0.29) is 29.0 Å². The lowest BCUT2D eigenvalue weighted by molar-refractivity contribution is -0.666. The second-order valence-electron chi connectivity index (χ2n) is 7.37. The number of ether oxygens (including phenoxy) is 2. The van der Waals surface area contributed by atoms with Gasteiger partial charge in [-0.15, -0.1) is 0 Å². The number of rotatable bonds is 7. The highest BCUT2D eigenvalue weighted by Crippen LogP contribution is 2.18. The number of methoxy groups -OCH3 is 1. The molecule has 0 aromatic carbocycles. The molecular formula is C21H26N5O4+. The molecule has 3 N–H and O–H groups in total. The first-order valence-electron chi connectivity index (χ1n) is 10.1. The van der Waals surface area contributed by atoms with Gasteiger partial charge in [0, 0.05) is 33.1 Å². The fourth-order valence-electron chi connectivity index (χ4n) is 3.77. The molecule has 3 aromatic heterocycles. The van der Waals surface area contributed by atoms with Crippen molar-refractivity contribution in [1.82, 2.24) is 14.7 Å². The second kappa shape index (κ2) is 8.76. The molecule has 0 spiro atoms. The molecule has 9 nitrogen and oxygen atoms in total. The molecule has 1 atom stereocenters. The third kappa shape index (κ3) is 3.86. The summed E-state index contributed by atoms with van der Waals surface area (Å²) in [7, 11) is 1.61. The topological polar surface area (TPSA) is 112 Å². The molecule has 158 valence electrons. The summed E-state index contributed by atoms with van der Waals surface area (Å²) in [5.74, 6) is -0.0569. The van der Waals surface area contributed by atoms with Gasteiger partial charge in [-0.05, 0) is 37.5 Å². The summed E-state index contributed by atoms with van der Waals surface area (Å²) in [5, 5.41) is 3.18. The summed E-state index contributed by atoms with van der Waals surface area (Å²) in [6.45, 7) is 2.12. The highest BCUT2D eigenvalue weighted by Gasteiger charge is 2.27. The van der Waals surface area contributed by atoms with Crippen LogP contribution in [0, 0.1) is 0 Å². The van der Waals surface area contributed by atoms with Gasteiger partial charge in [0.1, 0.15) is 10.9 Å². The Bertz CT molecular complexity index is 1140. The van der Waals surface area contributed by atoms with Crippen molar-refractivity contribution in [2.24, 2.45) is 0 Å². The maximum absolute atomic E-state index is 13.2. The second-order valence-corrected chi connectivity index (χ2v) is 7.37. The van der Waals surface area contributed by atoms with Crippen LogP contribution < -0.4 is 21.2 Å². The number of carbonyl (C=O) groups excluding carboxylic acids is 1. The van der Waals surface area contributed by atoms with Gasteiger partial charge in [-0.2, -0.15) is 0 Å². The Morgan fingerprint density at radius 1 is 1.47 bits per heavy atom. The lowest BCUT2D eigenvalue weighted by Gasteiger charge is -2.15. The minimum atomic E-state index is -0.329. The first-order valence-corrected chi connectivity index (χ1v) is 10.1. The maximum Gasteiger partial charge on any atom is 0.278 e. The highest BCUT2D eigenvalue weighted by atomic mass is 16.5. The van der Waals surface area contributed by atoms with Crippen LogP contribution in [0.15, 0.2) is 35.3 Å². The van der Waals surface area contributed by atoms with Crippen LogP contribution in [0.4, 0.5) is 5.82 Å². The molecule has 0 radical (unpaired) electrons. The zero-order chi connectivity index (χ0) is 21.1. The summed E-state index contributed by atoms with van der Waals surface area (Å²) in [5.41, 5.74) is 7.41. The molecule has 0 aliphatic carbocycles. The van der Waals surface area contributed by atoms with Gasteiger partial charge in [0.15, 0.2) is 0 Å². The highest BCUT2D eigenvalue weighted by molar-refractivity contribution is 6.00. The molecule has 1 fully saturated rings. The van der Waals surface area contributed by atoms with E-state index in [1.807, 2.05) is 6.07 Å². The zero-order valence-electron chi connectivity index (χ0n) is 17.0. The van der Waals surface area contributed by atoms with E-state index in [0.717, 1.165) is 12.8 Å². The quantitative estimate of drug-likeness (QED) is 0.335. The normalized spacial score (nSPS) is 16.4. The fraction of sp³-hybridized carbons (Fsp3) is 0.429. The van der Waals surface area contributed by atoms with Gasteiger partial charge < -0.3 is 20.5 Å². The number of nitrogens with one attached hydrogen (secondary N) is 1. The van der Waals surface area contributed by atoms with Crippen molar-refractivity contribution < 1.29 is 18.8 Å². The average molecular weight is 412 g/mol. The molecular weight excluding hydrogens is 386 g/mol. The lowest BCUT2D eigenvalue weighted by Crippen LogP contribution is -2.46. The van der Waals surface area contributed by atoms with Crippen LogP contribution in [-0.2, 0) is 16.0 Å². The largest absolute Gasteiger partial charge is 0.385 e. The van der Waals surface area contributed by atoms with E-state index < -0.39 is 0 Å². The molecule has 0 unspecified atom stereocenters. The molecule has 4 rings (SSSR count). The van der Waals surface area contributed by atoms with Gasteiger partial charge >= 0.3 is 0 Å². The number of nitrogens with two attached hydrogens (primary N) is 1. The molecule has 30 heavy (non-hydrogen) atoms. The average Bonchev–Trinajstić information content (AvgIpc) is 3.27. The van der Waals surface area contributed by atoms with E-state index in [4.69, 9.17) is 15.2 Å². The van der Waals surface area contributed by atoms with Crippen LogP contribution in [0.2, 0.25) is 0 Å². The van der Waals surface area contributed by atoms with Crippen molar-refractivity contribution in [3.05, 3.63) is 46.4 Å². The fourth-order valence-corrected chi connectivity index (χ4v) is 3.77. The van der Waals surface area contributed by atoms with Crippen LogP contribution in [0.25, 0.3) is 16.7 Å². The first-order chi connectivity index (χ1) is 14.6. The molecule has 1 aliphatic heterocycles. The molecule has 9 heteroatoms. The van der Waals surface area contributed by atoms with Crippen molar-refractivity contribution in [1.29, 1.82) is 0 Å². The van der Waals surface area contributed by atoms with E-state index in [2.05, 4.69) is 10.3 Å². The number of anilines is 1. The number of nitrogens with zero attached hydrogens (tertiary/aromatic N) is 3. The van der Waals surface area contributed by atoms with Crippen LogP contribution in [0.3, 0.4) is 0 Å². The van der Waals surface area contributed by atoms with E-state index >= 15 is 0 Å². The number of hydrogen-bond donors (Lipinski definition) is 2. The van der Waals surface area contributed by atoms with E-state index in [0.29, 0.717) is 49.4 Å². The standard InChI is InChI=1S/C21H25N5O4/c1-29-10-5-8-23-20(27)15-12-16-19(24-17-7-2-3-9-25(17)21(16)28)26(18(15)22)13-14-6-4-11-30-14/h2-3,7,9,12,14,22H,4-6,8,10-11,13H2,1H3,(H,23,27)/p+1/t14-/m0/s1. The molecule has 4 heterocycles. The minimum Gasteiger partial charge on any atom is -0.385 e. The summed E-state index contributed by atoms with van der Waals surface area (Å²) < 4.78 is 14.0. The molecule has 0 saturated carbocycles. The third-order valence-electron chi connectivity index (χ3n) is 5.33. The molecule has 1 saturated heterocycles. The van der Waals surface area contributed by atoms with Crippen molar-refractivity contribution >= 4 is 28.4 Å². The molecule has 1 aliphatic rings. The number of hydrogen-bond acceptors (Lipinski definition) is 6. The Balaban J connectivity index is 1.84. The summed E-state index contributed by atoms with van der Waals surface area (Å²) in [6, 6.07) is 6.90. The zero-order valence-corrected chi connectivity index (χ0v) is 17.0. The van der Waals surface area contributed by atoms with Gasteiger partial charge in [-0.3, -0.25) is 14.0 Å². The molecule has 0 bridgehead atoms. The third-order valence-corrected chi connectivity index (χ3v) is 5.33. The van der Waals surface area contributed by atoms with Crippen LogP contribution in [-0.4, -0.2) is 48.3 Å². The van der Waals surface area contributed by atoms with Crippen molar-refractivity contribution in [2.75, 3.05) is 32.6 Å². The summed E-state index contributed by atoms with van der Waals surface area (Å²) >= 11 is 0. The van der Waals surface area contributed by atoms with E-state index in [1.165, 1.54) is 10.5 Å². The number of aromatic nitrogens is 3. The Hall–Kier alpha value is -3.04.